The summed E-state index contributed by atoms with van der Waals surface area (Å²) in [7, 11) is -1.41. The van der Waals surface area contributed by atoms with Crippen LogP contribution in [0.15, 0.2) is 107 Å². The minimum Gasteiger partial charge on any atom is -0.491 e. The van der Waals surface area contributed by atoms with Crippen molar-refractivity contribution in [1.29, 1.82) is 0 Å². The van der Waals surface area contributed by atoms with Crippen molar-refractivity contribution in [3.63, 3.8) is 0 Å². The quantitative estimate of drug-likeness (QED) is 0.162. The van der Waals surface area contributed by atoms with E-state index >= 15 is 0 Å². The highest BCUT2D eigenvalue weighted by Gasteiger charge is 2.66. The zero-order valence-electron chi connectivity index (χ0n) is 29.5. The third-order valence-electron chi connectivity index (χ3n) is 10.6. The van der Waals surface area contributed by atoms with Crippen LogP contribution in [-0.4, -0.2) is 63.5 Å². The Morgan fingerprint density at radius 2 is 1.79 bits per heavy atom. The molecule has 2 aliphatic heterocycles. The highest BCUT2D eigenvalue weighted by Crippen LogP contribution is 2.60. The molecule has 0 saturated carbocycles. The molecule has 2 aromatic heterocycles. The second kappa shape index (κ2) is 14.2. The van der Waals surface area contributed by atoms with Crippen LogP contribution < -0.4 is 15.2 Å². The van der Waals surface area contributed by atoms with Crippen LogP contribution in [0, 0.1) is 5.92 Å². The van der Waals surface area contributed by atoms with E-state index in [9.17, 15) is 19.5 Å². The molecule has 1 fully saturated rings. The number of anilines is 1. The lowest BCUT2D eigenvalue weighted by Gasteiger charge is -2.32. The van der Waals surface area contributed by atoms with Gasteiger partial charge in [-0.3, -0.25) is 18.8 Å². The largest absolute Gasteiger partial charge is 0.491 e. The van der Waals surface area contributed by atoms with Crippen LogP contribution >= 0.6 is 15.9 Å². The Bertz CT molecular complexity index is 2140. The Hall–Kier alpha value is -4.40. The lowest BCUT2D eigenvalue weighted by molar-refractivity contribution is -0.146. The van der Waals surface area contributed by atoms with Crippen molar-refractivity contribution in [2.45, 2.75) is 62.7 Å². The number of aryl methyl sites for hydroxylation is 1. The molecule has 1 saturated heterocycles. The highest BCUT2D eigenvalue weighted by molar-refractivity contribution is 9.10. The summed E-state index contributed by atoms with van der Waals surface area (Å²) in [6.45, 7) is 6.51. The Morgan fingerprint density at radius 1 is 1.04 bits per heavy atom. The van der Waals surface area contributed by atoms with Gasteiger partial charge in [0.25, 0.3) is 11.5 Å². The highest BCUT2D eigenvalue weighted by atomic mass is 79.9. The summed E-state index contributed by atoms with van der Waals surface area (Å²) in [6.07, 6.45) is 3.63. The van der Waals surface area contributed by atoms with E-state index in [1.165, 1.54) is 11.7 Å². The summed E-state index contributed by atoms with van der Waals surface area (Å²) < 4.78 is 16.3. The topological polar surface area (TPSA) is 132 Å². The molecule has 5 aromatic rings. The van der Waals surface area contributed by atoms with Gasteiger partial charge in [-0.1, -0.05) is 70.5 Å². The van der Waals surface area contributed by atoms with Gasteiger partial charge in [0.05, 0.1) is 43.7 Å². The first-order valence-corrected chi connectivity index (χ1v) is 21.2. The molecule has 1 unspecified atom stereocenters. The summed E-state index contributed by atoms with van der Waals surface area (Å²) in [4.78, 5) is 41.2. The predicted molar refractivity (Wildman–Crippen MR) is 203 cm³/mol. The number of aliphatic hydroxyl groups excluding tert-OH is 1. The van der Waals surface area contributed by atoms with Gasteiger partial charge in [-0.15, -0.1) is 5.10 Å². The fraction of sp³-hybridized carbons (Fsp3) is 0.333. The number of halogens is 1. The molecule has 2 aliphatic rings. The number of amides is 1. The number of aromatic nitrogens is 4. The minimum atomic E-state index is -2.88. The zero-order valence-corrected chi connectivity index (χ0v) is 32.1. The summed E-state index contributed by atoms with van der Waals surface area (Å²) in [5.74, 6) is -0.525. The molecule has 3 aromatic carbocycles. The van der Waals surface area contributed by atoms with Crippen LogP contribution in [0.4, 0.5) is 5.69 Å². The van der Waals surface area contributed by atoms with Crippen molar-refractivity contribution in [3.05, 3.63) is 135 Å². The second-order valence-corrected chi connectivity index (χ2v) is 19.1. The molecule has 7 rings (SSSR count). The summed E-state index contributed by atoms with van der Waals surface area (Å²) in [5.41, 5.74) is 2.93. The maximum Gasteiger partial charge on any atom is 0.297 e. The number of pyridine rings is 1. The van der Waals surface area contributed by atoms with E-state index in [0.29, 0.717) is 30.9 Å². The van der Waals surface area contributed by atoms with Gasteiger partial charge < -0.3 is 24.3 Å². The molecule has 270 valence electrons. The van der Waals surface area contributed by atoms with Crippen LogP contribution in [-0.2, 0) is 28.2 Å². The smallest absolute Gasteiger partial charge is 0.297 e. The van der Waals surface area contributed by atoms with Crippen LogP contribution in [0.1, 0.15) is 41.6 Å². The third-order valence-corrected chi connectivity index (χ3v) is 13.6. The van der Waals surface area contributed by atoms with Gasteiger partial charge in [-0.25, -0.2) is 0 Å². The Labute approximate surface area is 311 Å². The van der Waals surface area contributed by atoms with E-state index < -0.39 is 20.0 Å². The first-order valence-electron chi connectivity index (χ1n) is 17.4. The summed E-state index contributed by atoms with van der Waals surface area (Å²) in [6, 6.07) is 26.5. The van der Waals surface area contributed by atoms with Gasteiger partial charge in [0, 0.05) is 46.1 Å². The summed E-state index contributed by atoms with van der Waals surface area (Å²) in [5, 5.41) is 18.9. The normalized spacial score (nSPS) is 21.9. The number of hydrogen-bond acceptors (Lipinski definition) is 8. The maximum absolute atomic E-state index is 14.9. The van der Waals surface area contributed by atoms with Crippen LogP contribution in [0.5, 0.6) is 5.75 Å². The van der Waals surface area contributed by atoms with Crippen molar-refractivity contribution >= 4 is 35.8 Å². The minimum absolute atomic E-state index is 0.0964. The molecule has 11 nitrogen and oxygen atoms in total. The van der Waals surface area contributed by atoms with Crippen LogP contribution in [0.2, 0.25) is 18.6 Å². The van der Waals surface area contributed by atoms with Crippen molar-refractivity contribution in [2.24, 2.45) is 5.92 Å². The van der Waals surface area contributed by atoms with Crippen molar-refractivity contribution < 1.29 is 24.2 Å². The number of methoxy groups -OCH3 is 1. The Balaban J connectivity index is 1.16. The third kappa shape index (κ3) is 6.34. The number of fused-ring (bicyclic) bond motifs is 2. The molecular formula is C39H42BrN5O6Si. The van der Waals surface area contributed by atoms with Crippen LogP contribution in [0.25, 0.3) is 5.69 Å². The number of hydrogen-bond donors (Lipinski definition) is 2. The fourth-order valence-electron chi connectivity index (χ4n) is 8.15. The number of benzene rings is 3. The fourth-order valence-corrected chi connectivity index (χ4v) is 11.1. The van der Waals surface area contributed by atoms with E-state index in [0.717, 1.165) is 26.9 Å². The molecular weight excluding hydrogens is 742 g/mol. The van der Waals surface area contributed by atoms with E-state index in [4.69, 9.17) is 9.47 Å². The average molecular weight is 785 g/mol. The van der Waals surface area contributed by atoms with Gasteiger partial charge in [0.2, 0.25) is 0 Å². The van der Waals surface area contributed by atoms with Gasteiger partial charge in [0.1, 0.15) is 0 Å². The molecule has 4 heterocycles. The number of carbonyl (C=O) groups excluding carboxylic acids is 1. The molecule has 52 heavy (non-hydrogen) atoms. The number of nitrogens with zero attached hydrogens (tertiary/aromatic N) is 5. The average Bonchev–Trinajstić information content (AvgIpc) is 3.79. The molecule has 13 heteroatoms. The van der Waals surface area contributed by atoms with E-state index in [2.05, 4.69) is 26.2 Å². The molecule has 1 amide bonds. The Morgan fingerprint density at radius 3 is 2.48 bits per heavy atom. The van der Waals surface area contributed by atoms with Gasteiger partial charge in [0.15, 0.2) is 19.7 Å². The lowest BCUT2D eigenvalue weighted by Crippen LogP contribution is -2.46. The number of carbonyl (C=O) groups is 1. The predicted octanol–water partition coefficient (Wildman–Crippen LogP) is 5.76. The first-order chi connectivity index (χ1) is 25.0. The van der Waals surface area contributed by atoms with E-state index in [1.807, 2.05) is 99.0 Å². The Kier molecular flexibility index (Phi) is 9.82. The first kappa shape index (κ1) is 36.0. The maximum atomic E-state index is 14.9. The standard InChI is InChI=1S/C39H42BrN5O6Si/c1-25-36(52(3,4)49)34(18-20-43-23-32(41-42-43)30(24-46)27-9-6-5-7-10-27)51-39(25)31-21-28(40)14-17-33(31)45(38(39)48)22-26-12-15-29(16-13-26)44-19-8-11-35(50-2)37(44)47/h5-17,19,21,23,25,30,34,36,46,49H,18,20,22,24H2,1-4H3/t25-,30?,34+,36-,39+/m0/s1. The van der Waals surface area contributed by atoms with Gasteiger partial charge in [-0.2, -0.15) is 0 Å². The lowest BCUT2D eigenvalue weighted by atomic mass is 9.82. The van der Waals surface area contributed by atoms with Crippen molar-refractivity contribution in [1.82, 2.24) is 19.6 Å². The monoisotopic (exact) mass is 783 g/mol. The number of aliphatic hydroxyl groups is 1. The molecule has 1 spiro atoms. The molecule has 0 aliphatic carbocycles. The summed E-state index contributed by atoms with van der Waals surface area (Å²) >= 11 is 3.64. The second-order valence-electron chi connectivity index (χ2n) is 14.2. The number of rotatable bonds is 11. The SMILES string of the molecule is COc1cccn(-c2ccc(CN3C(=O)[C@]4(O[C@H](CCn5cc(C(CO)c6ccccc6)nn5)[C@@H]([Si](C)(C)O)[C@@H]4C)c4cc(Br)ccc43)cc2)c1=O. The van der Waals surface area contributed by atoms with E-state index in [-0.39, 0.29) is 41.2 Å². The van der Waals surface area contributed by atoms with Crippen molar-refractivity contribution in [3.8, 4) is 11.4 Å². The van der Waals surface area contributed by atoms with Crippen LogP contribution in [0.3, 0.4) is 0 Å². The number of ether oxygens (including phenoxy) is 2. The molecule has 2 N–H and O–H groups in total. The van der Waals surface area contributed by atoms with E-state index in [1.54, 1.807) is 27.9 Å². The molecule has 0 bridgehead atoms. The van der Waals surface area contributed by atoms with Crippen molar-refractivity contribution in [2.75, 3.05) is 18.6 Å². The molecule has 0 radical (unpaired) electrons. The van der Waals surface area contributed by atoms with Gasteiger partial charge in [-0.05, 0) is 73.1 Å². The zero-order chi connectivity index (χ0) is 36.8. The van der Waals surface area contributed by atoms with Gasteiger partial charge >= 0.3 is 0 Å². The molecule has 5 atom stereocenters.